The number of aromatic nitrogens is 5. The third-order valence-electron chi connectivity index (χ3n) is 4.82. The van der Waals surface area contributed by atoms with Crippen LogP contribution in [0.2, 0.25) is 0 Å². The van der Waals surface area contributed by atoms with Crippen LogP contribution in [-0.4, -0.2) is 29.9 Å². The molecule has 2 aromatic heterocycles. The van der Waals surface area contributed by atoms with Crippen LogP contribution < -0.4 is 0 Å². The summed E-state index contributed by atoms with van der Waals surface area (Å²) in [6.07, 6.45) is 5.26. The summed E-state index contributed by atoms with van der Waals surface area (Å²) in [6, 6.07) is 4.37. The van der Waals surface area contributed by atoms with Gasteiger partial charge in [0.25, 0.3) is 0 Å². The molecule has 1 aliphatic rings. The highest BCUT2D eigenvalue weighted by Crippen LogP contribution is 2.31. The van der Waals surface area contributed by atoms with E-state index < -0.39 is 0 Å². The quantitative estimate of drug-likeness (QED) is 0.738. The molecule has 0 amide bonds. The maximum Gasteiger partial charge on any atom is 0.123 e. The Kier molecular flexibility index (Phi) is 4.32. The number of aliphatic hydroxyl groups excluding tert-OH is 1. The number of halogens is 1. The first-order valence-corrected chi connectivity index (χ1v) is 8.86. The van der Waals surface area contributed by atoms with Gasteiger partial charge in [-0.25, -0.2) is 4.39 Å². The van der Waals surface area contributed by atoms with Gasteiger partial charge in [0.1, 0.15) is 11.5 Å². The molecule has 7 heteroatoms. The average molecular weight is 355 g/mol. The van der Waals surface area contributed by atoms with Gasteiger partial charge in [0, 0.05) is 31.8 Å². The maximum absolute atomic E-state index is 13.5. The fourth-order valence-electron chi connectivity index (χ4n) is 3.27. The van der Waals surface area contributed by atoms with Crippen LogP contribution in [0.25, 0.3) is 11.3 Å². The van der Waals surface area contributed by atoms with Crippen molar-refractivity contribution in [2.45, 2.75) is 39.3 Å². The molecule has 4 rings (SSSR count). The molecule has 0 radical (unpaired) electrons. The molecule has 0 atom stereocenters. The molecule has 0 unspecified atom stereocenters. The molecule has 1 saturated carbocycles. The second kappa shape index (κ2) is 6.64. The Morgan fingerprint density at radius 2 is 2.00 bits per heavy atom. The summed E-state index contributed by atoms with van der Waals surface area (Å²) < 4.78 is 15.5. The highest BCUT2D eigenvalue weighted by Gasteiger charge is 2.23. The molecule has 1 aromatic carbocycles. The number of benzene rings is 1. The SMILES string of the molecule is Cc1nn(CC2CC2)cc1Cc1nn(C)nc1-c1ccc(F)cc1CO. The summed E-state index contributed by atoms with van der Waals surface area (Å²) in [5, 5.41) is 23.2. The summed E-state index contributed by atoms with van der Waals surface area (Å²) in [4.78, 5) is 1.51. The molecule has 136 valence electrons. The summed E-state index contributed by atoms with van der Waals surface area (Å²) in [7, 11) is 1.76. The van der Waals surface area contributed by atoms with Crippen LogP contribution in [0, 0.1) is 18.7 Å². The Morgan fingerprint density at radius 3 is 2.73 bits per heavy atom. The molecule has 0 saturated heterocycles. The number of hydrogen-bond donors (Lipinski definition) is 1. The Morgan fingerprint density at radius 1 is 1.19 bits per heavy atom. The van der Waals surface area contributed by atoms with Crippen molar-refractivity contribution < 1.29 is 9.50 Å². The first-order chi connectivity index (χ1) is 12.5. The lowest BCUT2D eigenvalue weighted by atomic mass is 10.0. The van der Waals surface area contributed by atoms with Gasteiger partial charge in [-0.15, -0.1) is 0 Å². The Balaban J connectivity index is 1.67. The van der Waals surface area contributed by atoms with E-state index in [0.717, 1.165) is 29.4 Å². The van der Waals surface area contributed by atoms with Crippen LogP contribution >= 0.6 is 0 Å². The number of rotatable bonds is 6. The zero-order valence-electron chi connectivity index (χ0n) is 15.0. The number of aliphatic hydroxyl groups is 1. The number of aryl methyl sites for hydroxylation is 2. The summed E-state index contributed by atoms with van der Waals surface area (Å²) >= 11 is 0. The fourth-order valence-corrected chi connectivity index (χ4v) is 3.27. The zero-order valence-corrected chi connectivity index (χ0v) is 15.0. The molecule has 26 heavy (non-hydrogen) atoms. The third kappa shape index (κ3) is 3.39. The Labute approximate surface area is 151 Å². The topological polar surface area (TPSA) is 68.8 Å². The van der Waals surface area contributed by atoms with Gasteiger partial charge in [-0.2, -0.15) is 20.1 Å². The molecule has 2 heterocycles. The minimum absolute atomic E-state index is 0.249. The lowest BCUT2D eigenvalue weighted by Crippen LogP contribution is -1.99. The number of nitrogens with zero attached hydrogens (tertiary/aromatic N) is 5. The van der Waals surface area contributed by atoms with E-state index in [1.165, 1.54) is 29.8 Å². The predicted molar refractivity (Wildman–Crippen MR) is 94.8 cm³/mol. The largest absolute Gasteiger partial charge is 0.392 e. The van der Waals surface area contributed by atoms with Crippen molar-refractivity contribution in [1.82, 2.24) is 24.8 Å². The normalized spacial score (nSPS) is 14.2. The standard InChI is InChI=1S/C19H22FN5O/c1-12-14(10-25(21-12)9-13-3-4-13)8-18-19(23-24(2)22-18)17-6-5-16(20)7-15(17)11-26/h5-7,10,13,26H,3-4,8-9,11H2,1-2H3. The van der Waals surface area contributed by atoms with E-state index in [1.54, 1.807) is 13.1 Å². The first kappa shape index (κ1) is 16.9. The van der Waals surface area contributed by atoms with Crippen molar-refractivity contribution in [2.24, 2.45) is 13.0 Å². The Bertz CT molecular complexity index is 942. The second-order valence-electron chi connectivity index (χ2n) is 7.03. The smallest absolute Gasteiger partial charge is 0.123 e. The molecule has 0 aliphatic heterocycles. The fraction of sp³-hybridized carbons (Fsp3) is 0.421. The van der Waals surface area contributed by atoms with Crippen LogP contribution in [0.5, 0.6) is 0 Å². The monoisotopic (exact) mass is 355 g/mol. The minimum atomic E-state index is -0.375. The second-order valence-corrected chi connectivity index (χ2v) is 7.03. The van der Waals surface area contributed by atoms with Gasteiger partial charge in [-0.1, -0.05) is 0 Å². The third-order valence-corrected chi connectivity index (χ3v) is 4.82. The van der Waals surface area contributed by atoms with Crippen LogP contribution in [0.4, 0.5) is 4.39 Å². The van der Waals surface area contributed by atoms with E-state index in [1.807, 2.05) is 11.6 Å². The summed E-state index contributed by atoms with van der Waals surface area (Å²) in [6.45, 7) is 2.73. The molecule has 6 nitrogen and oxygen atoms in total. The zero-order chi connectivity index (χ0) is 18.3. The molecular weight excluding hydrogens is 333 g/mol. The van der Waals surface area contributed by atoms with Crippen LogP contribution in [-0.2, 0) is 26.6 Å². The van der Waals surface area contributed by atoms with E-state index in [2.05, 4.69) is 21.5 Å². The molecule has 1 aliphatic carbocycles. The van der Waals surface area contributed by atoms with Gasteiger partial charge in [0.2, 0.25) is 0 Å². The van der Waals surface area contributed by atoms with E-state index in [9.17, 15) is 9.50 Å². The van der Waals surface area contributed by atoms with Crippen molar-refractivity contribution in [3.05, 3.63) is 52.7 Å². The molecule has 1 N–H and O–H groups in total. The minimum Gasteiger partial charge on any atom is -0.392 e. The van der Waals surface area contributed by atoms with E-state index in [-0.39, 0.29) is 12.4 Å². The van der Waals surface area contributed by atoms with Crippen molar-refractivity contribution >= 4 is 0 Å². The van der Waals surface area contributed by atoms with Gasteiger partial charge in [-0.05, 0) is 55.0 Å². The lowest BCUT2D eigenvalue weighted by molar-refractivity contribution is 0.281. The van der Waals surface area contributed by atoms with Crippen LogP contribution in [0.3, 0.4) is 0 Å². The lowest BCUT2D eigenvalue weighted by Gasteiger charge is -2.06. The van der Waals surface area contributed by atoms with Crippen LogP contribution in [0.1, 0.15) is 35.4 Å². The van der Waals surface area contributed by atoms with Crippen LogP contribution in [0.15, 0.2) is 24.4 Å². The maximum atomic E-state index is 13.5. The highest BCUT2D eigenvalue weighted by molar-refractivity contribution is 5.66. The van der Waals surface area contributed by atoms with Crippen molar-refractivity contribution in [3.8, 4) is 11.3 Å². The summed E-state index contributed by atoms with van der Waals surface area (Å²) in [5.74, 6) is 0.390. The molecule has 1 fully saturated rings. The van der Waals surface area contributed by atoms with Gasteiger partial charge in [0.15, 0.2) is 0 Å². The van der Waals surface area contributed by atoms with Gasteiger partial charge >= 0.3 is 0 Å². The molecule has 3 aromatic rings. The molecule has 0 spiro atoms. The van der Waals surface area contributed by atoms with E-state index >= 15 is 0 Å². The number of hydrogen-bond acceptors (Lipinski definition) is 4. The first-order valence-electron chi connectivity index (χ1n) is 8.86. The van der Waals surface area contributed by atoms with Gasteiger partial charge in [-0.3, -0.25) is 4.68 Å². The summed E-state index contributed by atoms with van der Waals surface area (Å²) in [5.41, 5.74) is 4.78. The predicted octanol–water partition coefficient (Wildman–Crippen LogP) is 2.62. The van der Waals surface area contributed by atoms with Gasteiger partial charge in [0.05, 0.1) is 18.0 Å². The molecular formula is C19H22FN5O. The van der Waals surface area contributed by atoms with Gasteiger partial charge < -0.3 is 5.11 Å². The average Bonchev–Trinajstić information content (AvgIpc) is 3.25. The highest BCUT2D eigenvalue weighted by atomic mass is 19.1. The van der Waals surface area contributed by atoms with E-state index in [0.29, 0.717) is 23.2 Å². The van der Waals surface area contributed by atoms with Crippen molar-refractivity contribution in [1.29, 1.82) is 0 Å². The Hall–Kier alpha value is -2.54. The van der Waals surface area contributed by atoms with Crippen molar-refractivity contribution in [2.75, 3.05) is 0 Å². The van der Waals surface area contributed by atoms with E-state index in [4.69, 9.17) is 0 Å². The molecule has 0 bridgehead atoms. The van der Waals surface area contributed by atoms with Crippen molar-refractivity contribution in [3.63, 3.8) is 0 Å².